The molecule has 1 aromatic carbocycles. The first kappa shape index (κ1) is 11.9. The Morgan fingerprint density at radius 2 is 2.05 bits per heavy atom. The summed E-state index contributed by atoms with van der Waals surface area (Å²) in [6.45, 7) is 0. The minimum Gasteiger partial charge on any atom is -0.337 e. The average Bonchev–Trinajstić information content (AvgIpc) is 2.92. The van der Waals surface area contributed by atoms with Crippen LogP contribution in [0.15, 0.2) is 35.4 Å². The predicted molar refractivity (Wildman–Crippen MR) is 71.4 cm³/mol. The van der Waals surface area contributed by atoms with E-state index in [0.717, 1.165) is 5.69 Å². The summed E-state index contributed by atoms with van der Waals surface area (Å²) in [6.07, 6.45) is 3.01. The molecule has 7 heteroatoms. The molecule has 0 unspecified atom stereocenters. The number of hydrogen-bond acceptors (Lipinski definition) is 4. The smallest absolute Gasteiger partial charge is 0.175 e. The van der Waals surface area contributed by atoms with Gasteiger partial charge in [-0.3, -0.25) is 4.68 Å². The van der Waals surface area contributed by atoms with E-state index in [-0.39, 0.29) is 4.90 Å². The molecule has 0 radical (unpaired) electrons. The van der Waals surface area contributed by atoms with E-state index in [0.29, 0.717) is 16.9 Å². The molecule has 0 saturated heterocycles. The van der Waals surface area contributed by atoms with Gasteiger partial charge >= 0.3 is 0 Å². The van der Waals surface area contributed by atoms with Crippen LogP contribution in [0.2, 0.25) is 0 Å². The van der Waals surface area contributed by atoms with Gasteiger partial charge in [-0.25, -0.2) is 13.4 Å². The van der Waals surface area contributed by atoms with Crippen molar-refractivity contribution in [2.75, 3.05) is 6.26 Å². The summed E-state index contributed by atoms with van der Waals surface area (Å²) < 4.78 is 24.7. The van der Waals surface area contributed by atoms with Crippen molar-refractivity contribution in [2.24, 2.45) is 7.05 Å². The Hall–Kier alpha value is -2.15. The van der Waals surface area contributed by atoms with Crippen molar-refractivity contribution in [3.05, 3.63) is 30.5 Å². The van der Waals surface area contributed by atoms with Gasteiger partial charge in [0.1, 0.15) is 5.69 Å². The number of rotatable bonds is 2. The van der Waals surface area contributed by atoms with Crippen LogP contribution >= 0.6 is 0 Å². The summed E-state index contributed by atoms with van der Waals surface area (Å²) in [5, 5.41) is 4.25. The fraction of sp³-hybridized carbons (Fsp3) is 0.167. The van der Waals surface area contributed by atoms with Gasteiger partial charge in [0.05, 0.1) is 15.9 Å². The van der Waals surface area contributed by atoms with Crippen molar-refractivity contribution in [2.45, 2.75) is 4.90 Å². The third-order valence-corrected chi connectivity index (χ3v) is 3.95. The summed E-state index contributed by atoms with van der Waals surface area (Å²) in [7, 11) is -1.39. The van der Waals surface area contributed by atoms with E-state index in [1.54, 1.807) is 22.9 Å². The van der Waals surface area contributed by atoms with Gasteiger partial charge in [0, 0.05) is 19.5 Å². The second-order valence-corrected chi connectivity index (χ2v) is 6.43. The molecule has 0 fully saturated rings. The number of aryl methyl sites for hydroxylation is 1. The first-order valence-corrected chi connectivity index (χ1v) is 7.52. The maximum absolute atomic E-state index is 11.5. The van der Waals surface area contributed by atoms with Crippen LogP contribution < -0.4 is 0 Å². The number of aromatic nitrogens is 4. The highest BCUT2D eigenvalue weighted by Gasteiger charge is 2.11. The Bertz CT molecular complexity index is 861. The number of benzene rings is 1. The topological polar surface area (TPSA) is 80.6 Å². The standard InChI is InChI=1S/C12H12N4O2S/c1-16-6-5-10(15-16)12-13-9-4-3-8(19(2,17)18)7-11(9)14-12/h3-7H,1-2H3,(H,13,14). The molecule has 0 spiro atoms. The van der Waals surface area contributed by atoms with E-state index in [4.69, 9.17) is 0 Å². The fourth-order valence-electron chi connectivity index (χ4n) is 1.88. The van der Waals surface area contributed by atoms with E-state index in [2.05, 4.69) is 15.1 Å². The molecule has 0 saturated carbocycles. The second kappa shape index (κ2) is 3.92. The molecule has 19 heavy (non-hydrogen) atoms. The van der Waals surface area contributed by atoms with Gasteiger partial charge in [0.2, 0.25) is 0 Å². The Labute approximate surface area is 110 Å². The number of sulfone groups is 1. The van der Waals surface area contributed by atoms with E-state index >= 15 is 0 Å². The lowest BCUT2D eigenvalue weighted by molar-refractivity contribution is 0.602. The zero-order valence-corrected chi connectivity index (χ0v) is 11.3. The number of fused-ring (bicyclic) bond motifs is 1. The molecular formula is C12H12N4O2S. The number of hydrogen-bond donors (Lipinski definition) is 1. The summed E-state index contributed by atoms with van der Waals surface area (Å²) in [5.74, 6) is 0.626. The Morgan fingerprint density at radius 1 is 1.26 bits per heavy atom. The first-order valence-electron chi connectivity index (χ1n) is 5.63. The van der Waals surface area contributed by atoms with Gasteiger partial charge < -0.3 is 4.98 Å². The second-order valence-electron chi connectivity index (χ2n) is 4.41. The van der Waals surface area contributed by atoms with Crippen molar-refractivity contribution in [3.63, 3.8) is 0 Å². The molecule has 0 atom stereocenters. The first-order chi connectivity index (χ1) is 8.93. The highest BCUT2D eigenvalue weighted by molar-refractivity contribution is 7.90. The van der Waals surface area contributed by atoms with E-state index in [1.807, 2.05) is 19.3 Å². The largest absolute Gasteiger partial charge is 0.337 e. The Morgan fingerprint density at radius 3 is 2.68 bits per heavy atom. The van der Waals surface area contributed by atoms with Crippen molar-refractivity contribution in [1.82, 2.24) is 19.7 Å². The highest BCUT2D eigenvalue weighted by Crippen LogP contribution is 2.21. The summed E-state index contributed by atoms with van der Waals surface area (Å²) in [5.41, 5.74) is 2.12. The van der Waals surface area contributed by atoms with Crippen molar-refractivity contribution in [1.29, 1.82) is 0 Å². The van der Waals surface area contributed by atoms with Crippen LogP contribution in [0.3, 0.4) is 0 Å². The summed E-state index contributed by atoms with van der Waals surface area (Å²) in [4.78, 5) is 7.75. The van der Waals surface area contributed by atoms with E-state index < -0.39 is 9.84 Å². The molecular weight excluding hydrogens is 264 g/mol. The third kappa shape index (κ3) is 2.12. The quantitative estimate of drug-likeness (QED) is 0.766. The van der Waals surface area contributed by atoms with Crippen LogP contribution in [0.1, 0.15) is 0 Å². The van der Waals surface area contributed by atoms with Crippen LogP contribution in [-0.4, -0.2) is 34.4 Å². The third-order valence-electron chi connectivity index (χ3n) is 2.84. The SMILES string of the molecule is Cn1ccc(-c2nc3ccc(S(C)(=O)=O)cc3[nH]2)n1. The number of imidazole rings is 1. The molecule has 2 heterocycles. The van der Waals surface area contributed by atoms with Crippen LogP contribution in [0.5, 0.6) is 0 Å². The molecule has 98 valence electrons. The molecule has 0 amide bonds. The molecule has 6 nitrogen and oxygen atoms in total. The Kier molecular flexibility index (Phi) is 2.46. The summed E-state index contributed by atoms with van der Waals surface area (Å²) >= 11 is 0. The molecule has 0 aliphatic carbocycles. The van der Waals surface area contributed by atoms with Gasteiger partial charge in [-0.2, -0.15) is 5.10 Å². The molecule has 0 aliphatic rings. The van der Waals surface area contributed by atoms with Crippen LogP contribution in [-0.2, 0) is 16.9 Å². The Balaban J connectivity index is 2.16. The van der Waals surface area contributed by atoms with Gasteiger partial charge in [-0.05, 0) is 24.3 Å². The number of nitrogens with one attached hydrogen (secondary N) is 1. The molecule has 0 bridgehead atoms. The van der Waals surface area contributed by atoms with E-state index in [1.165, 1.54) is 6.26 Å². The lowest BCUT2D eigenvalue weighted by Gasteiger charge is -1.96. The van der Waals surface area contributed by atoms with Crippen molar-refractivity contribution >= 4 is 20.9 Å². The normalized spacial score (nSPS) is 12.1. The molecule has 3 aromatic rings. The lowest BCUT2D eigenvalue weighted by atomic mass is 10.3. The highest BCUT2D eigenvalue weighted by atomic mass is 32.2. The molecule has 2 aromatic heterocycles. The van der Waals surface area contributed by atoms with Crippen LogP contribution in [0, 0.1) is 0 Å². The van der Waals surface area contributed by atoms with Crippen molar-refractivity contribution < 1.29 is 8.42 Å². The molecule has 0 aliphatic heterocycles. The van der Waals surface area contributed by atoms with Gasteiger partial charge in [0.15, 0.2) is 15.7 Å². The number of H-pyrrole nitrogens is 1. The maximum Gasteiger partial charge on any atom is 0.175 e. The monoisotopic (exact) mass is 276 g/mol. The predicted octanol–water partition coefficient (Wildman–Crippen LogP) is 1.37. The van der Waals surface area contributed by atoms with Crippen molar-refractivity contribution in [3.8, 4) is 11.5 Å². The molecule has 1 N–H and O–H groups in total. The lowest BCUT2D eigenvalue weighted by Crippen LogP contribution is -1.96. The van der Waals surface area contributed by atoms with Crippen LogP contribution in [0.4, 0.5) is 0 Å². The summed E-state index contributed by atoms with van der Waals surface area (Å²) in [6, 6.07) is 6.68. The zero-order chi connectivity index (χ0) is 13.6. The maximum atomic E-state index is 11.5. The fourth-order valence-corrected chi connectivity index (χ4v) is 2.53. The average molecular weight is 276 g/mol. The minimum absolute atomic E-state index is 0.274. The van der Waals surface area contributed by atoms with Crippen LogP contribution in [0.25, 0.3) is 22.6 Å². The van der Waals surface area contributed by atoms with Gasteiger partial charge in [-0.1, -0.05) is 0 Å². The van der Waals surface area contributed by atoms with E-state index in [9.17, 15) is 8.42 Å². The molecule has 3 rings (SSSR count). The number of nitrogens with zero attached hydrogens (tertiary/aromatic N) is 3. The van der Waals surface area contributed by atoms with Gasteiger partial charge in [-0.15, -0.1) is 0 Å². The zero-order valence-electron chi connectivity index (χ0n) is 10.5. The number of aromatic amines is 1. The van der Waals surface area contributed by atoms with Gasteiger partial charge in [0.25, 0.3) is 0 Å². The minimum atomic E-state index is -3.21.